The first-order valence-electron chi connectivity index (χ1n) is 8.84. The lowest BCUT2D eigenvalue weighted by Gasteiger charge is -2.20. The normalized spacial score (nSPS) is 11.6. The molecule has 0 aliphatic heterocycles. The summed E-state index contributed by atoms with van der Waals surface area (Å²) in [6, 6.07) is 15.6. The summed E-state index contributed by atoms with van der Waals surface area (Å²) in [6.45, 7) is 0. The Bertz CT molecular complexity index is 976. The average molecular weight is 430 g/mol. The van der Waals surface area contributed by atoms with E-state index in [1.807, 2.05) is 42.5 Å². The number of nitrogens with one attached hydrogen (secondary N) is 2. The van der Waals surface area contributed by atoms with E-state index in [4.69, 9.17) is 11.6 Å². The number of urea groups is 1. The molecule has 9 heteroatoms. The van der Waals surface area contributed by atoms with Crippen LogP contribution in [0.5, 0.6) is 0 Å². The fraction of sp³-hybridized carbons (Fsp3) is 0.200. The van der Waals surface area contributed by atoms with E-state index in [9.17, 15) is 9.59 Å². The number of hydrogen-bond donors (Lipinski definition) is 2. The third-order valence-electron chi connectivity index (χ3n) is 4.05. The van der Waals surface area contributed by atoms with Gasteiger partial charge in [0.05, 0.1) is 0 Å². The van der Waals surface area contributed by atoms with Crippen LogP contribution in [0, 0.1) is 0 Å². The first-order chi connectivity index (χ1) is 13.9. The van der Waals surface area contributed by atoms with Gasteiger partial charge in [0.15, 0.2) is 0 Å². The Morgan fingerprint density at radius 2 is 1.76 bits per heavy atom. The number of nitrogens with zero attached hydrogens (tertiary/aromatic N) is 3. The van der Waals surface area contributed by atoms with Crippen LogP contribution in [0.25, 0.3) is 10.6 Å². The number of carbonyl (C=O) groups excluding carboxylic acids is 2. The molecule has 150 valence electrons. The highest BCUT2D eigenvalue weighted by molar-refractivity contribution is 7.18. The molecular weight excluding hydrogens is 410 g/mol. The molecule has 0 spiro atoms. The second-order valence-corrected chi connectivity index (χ2v) is 7.91. The molecule has 3 aromatic rings. The number of hydrogen-bond acceptors (Lipinski definition) is 5. The first kappa shape index (κ1) is 20.8. The second-order valence-electron chi connectivity index (χ2n) is 6.49. The fourth-order valence-electron chi connectivity index (χ4n) is 2.51. The summed E-state index contributed by atoms with van der Waals surface area (Å²) in [5.74, 6) is -0.358. The zero-order valence-corrected chi connectivity index (χ0v) is 17.5. The highest BCUT2D eigenvalue weighted by Gasteiger charge is 2.23. The Morgan fingerprint density at radius 3 is 2.41 bits per heavy atom. The summed E-state index contributed by atoms with van der Waals surface area (Å²) in [4.78, 5) is 26.3. The molecule has 0 aliphatic rings. The maximum absolute atomic E-state index is 12.8. The number of amides is 3. The maximum Gasteiger partial charge on any atom is 0.317 e. The van der Waals surface area contributed by atoms with Crippen LogP contribution < -0.4 is 10.6 Å². The molecule has 0 bridgehead atoms. The minimum absolute atomic E-state index is 0.347. The van der Waals surface area contributed by atoms with Gasteiger partial charge in [-0.25, -0.2) is 4.79 Å². The smallest absolute Gasteiger partial charge is 0.317 e. The number of carbonyl (C=O) groups is 2. The Balaban J connectivity index is 1.73. The Labute approximate surface area is 177 Å². The zero-order valence-electron chi connectivity index (χ0n) is 15.9. The Hall–Kier alpha value is -2.97. The van der Waals surface area contributed by atoms with E-state index in [0.29, 0.717) is 21.6 Å². The minimum Gasteiger partial charge on any atom is -0.331 e. The largest absolute Gasteiger partial charge is 0.331 e. The quantitative estimate of drug-likeness (QED) is 0.625. The van der Waals surface area contributed by atoms with Crippen LogP contribution in [0.1, 0.15) is 5.56 Å². The van der Waals surface area contributed by atoms with Crippen molar-refractivity contribution < 1.29 is 9.59 Å². The molecule has 29 heavy (non-hydrogen) atoms. The second kappa shape index (κ2) is 9.49. The zero-order chi connectivity index (χ0) is 20.8. The van der Waals surface area contributed by atoms with E-state index in [2.05, 4.69) is 20.8 Å². The van der Waals surface area contributed by atoms with Crippen molar-refractivity contribution in [3.05, 3.63) is 65.2 Å². The number of benzene rings is 2. The van der Waals surface area contributed by atoms with Gasteiger partial charge in [0.1, 0.15) is 11.0 Å². The summed E-state index contributed by atoms with van der Waals surface area (Å²) in [5, 5.41) is 15.3. The SMILES string of the molecule is CN(C)C(=O)NC(Cc1ccccc1)C(=O)Nc1nnc(-c2ccc(Cl)cc2)s1. The molecule has 0 aliphatic carbocycles. The third kappa shape index (κ3) is 5.75. The van der Waals surface area contributed by atoms with Crippen molar-refractivity contribution in [2.45, 2.75) is 12.5 Å². The van der Waals surface area contributed by atoms with Crippen LogP contribution in [0.2, 0.25) is 5.02 Å². The Morgan fingerprint density at radius 1 is 1.07 bits per heavy atom. The summed E-state index contributed by atoms with van der Waals surface area (Å²) < 4.78 is 0. The van der Waals surface area contributed by atoms with Crippen molar-refractivity contribution in [1.82, 2.24) is 20.4 Å². The van der Waals surface area contributed by atoms with E-state index in [1.165, 1.54) is 16.2 Å². The third-order valence-corrected chi connectivity index (χ3v) is 5.19. The predicted molar refractivity (Wildman–Crippen MR) is 115 cm³/mol. The number of anilines is 1. The molecule has 0 saturated heterocycles. The molecule has 3 rings (SSSR count). The summed E-state index contributed by atoms with van der Waals surface area (Å²) in [6.07, 6.45) is 0.356. The van der Waals surface area contributed by atoms with Crippen LogP contribution >= 0.6 is 22.9 Å². The van der Waals surface area contributed by atoms with Crippen LogP contribution in [0.3, 0.4) is 0 Å². The molecule has 2 N–H and O–H groups in total. The monoisotopic (exact) mass is 429 g/mol. The molecule has 7 nitrogen and oxygen atoms in total. The topological polar surface area (TPSA) is 87.2 Å². The van der Waals surface area contributed by atoms with Gasteiger partial charge in [-0.3, -0.25) is 10.1 Å². The average Bonchev–Trinajstić information content (AvgIpc) is 3.17. The van der Waals surface area contributed by atoms with E-state index in [-0.39, 0.29) is 11.9 Å². The first-order valence-corrected chi connectivity index (χ1v) is 10.0. The van der Waals surface area contributed by atoms with E-state index in [0.717, 1.165) is 11.1 Å². The van der Waals surface area contributed by atoms with Crippen molar-refractivity contribution in [2.24, 2.45) is 0 Å². The molecule has 0 saturated carbocycles. The van der Waals surface area contributed by atoms with Gasteiger partial charge in [-0.05, 0) is 17.7 Å². The predicted octanol–water partition coefficient (Wildman–Crippen LogP) is 3.68. The maximum atomic E-state index is 12.8. The number of halogens is 1. The summed E-state index contributed by atoms with van der Waals surface area (Å²) in [7, 11) is 3.24. The van der Waals surface area contributed by atoms with Gasteiger partial charge in [0, 0.05) is 31.1 Å². The minimum atomic E-state index is -0.754. The lowest BCUT2D eigenvalue weighted by Crippen LogP contribution is -2.48. The van der Waals surface area contributed by atoms with Crippen molar-refractivity contribution in [2.75, 3.05) is 19.4 Å². The summed E-state index contributed by atoms with van der Waals surface area (Å²) >= 11 is 7.16. The van der Waals surface area contributed by atoms with Crippen molar-refractivity contribution in [3.63, 3.8) is 0 Å². The van der Waals surface area contributed by atoms with Crippen molar-refractivity contribution in [3.8, 4) is 10.6 Å². The number of rotatable bonds is 6. The van der Waals surface area contributed by atoms with Gasteiger partial charge in [-0.15, -0.1) is 10.2 Å². The van der Waals surface area contributed by atoms with Crippen molar-refractivity contribution >= 4 is 40.0 Å². The van der Waals surface area contributed by atoms with Crippen molar-refractivity contribution in [1.29, 1.82) is 0 Å². The van der Waals surface area contributed by atoms with E-state index >= 15 is 0 Å². The van der Waals surface area contributed by atoms with E-state index in [1.54, 1.807) is 26.2 Å². The van der Waals surface area contributed by atoms with Gasteiger partial charge in [-0.2, -0.15) is 0 Å². The van der Waals surface area contributed by atoms with Crippen LogP contribution in [-0.4, -0.2) is 47.2 Å². The Kier molecular flexibility index (Phi) is 6.79. The van der Waals surface area contributed by atoms with Crippen LogP contribution in [0.15, 0.2) is 54.6 Å². The fourth-order valence-corrected chi connectivity index (χ4v) is 3.39. The molecule has 1 atom stereocenters. The number of aromatic nitrogens is 2. The van der Waals surface area contributed by atoms with Gasteiger partial charge in [-0.1, -0.05) is 65.4 Å². The van der Waals surface area contributed by atoms with Gasteiger partial charge in [0.25, 0.3) is 0 Å². The standard InChI is InChI=1S/C20H20ClN5O2S/c1-26(2)20(28)22-16(12-13-6-4-3-5-7-13)17(27)23-19-25-24-18(29-19)14-8-10-15(21)11-9-14/h3-11,16H,12H2,1-2H3,(H,22,28)(H,23,25,27). The molecule has 1 heterocycles. The molecule has 2 aromatic carbocycles. The molecule has 1 unspecified atom stereocenters. The van der Waals surface area contributed by atoms with Crippen LogP contribution in [0.4, 0.5) is 9.93 Å². The van der Waals surface area contributed by atoms with Gasteiger partial charge >= 0.3 is 6.03 Å². The highest BCUT2D eigenvalue weighted by atomic mass is 35.5. The molecule has 0 radical (unpaired) electrons. The molecule has 0 fully saturated rings. The molecule has 1 aromatic heterocycles. The lowest BCUT2D eigenvalue weighted by atomic mass is 10.1. The van der Waals surface area contributed by atoms with E-state index < -0.39 is 6.04 Å². The highest BCUT2D eigenvalue weighted by Crippen LogP contribution is 2.27. The molecular formula is C20H20ClN5O2S. The van der Waals surface area contributed by atoms with Gasteiger partial charge in [0.2, 0.25) is 11.0 Å². The van der Waals surface area contributed by atoms with Gasteiger partial charge < -0.3 is 10.2 Å². The van der Waals surface area contributed by atoms with Crippen LogP contribution in [-0.2, 0) is 11.2 Å². The lowest BCUT2D eigenvalue weighted by molar-refractivity contribution is -0.117. The summed E-state index contributed by atoms with van der Waals surface area (Å²) in [5.41, 5.74) is 1.79. The molecule has 3 amide bonds.